The molecule has 0 atom stereocenters. The molecule has 1 aromatic rings. The number of aromatic amines is 1. The van der Waals surface area contributed by atoms with Gasteiger partial charge >= 0.3 is 0 Å². The van der Waals surface area contributed by atoms with Gasteiger partial charge in [0.05, 0.1) is 5.56 Å². The first kappa shape index (κ1) is 4.90. The quantitative estimate of drug-likeness (QED) is 0.577. The third kappa shape index (κ3) is 0.578. The number of hydrogen-bond donors (Lipinski definition) is 1. The van der Waals surface area contributed by atoms with Crippen molar-refractivity contribution in [2.75, 3.05) is 0 Å². The molecule has 0 aliphatic heterocycles. The van der Waals surface area contributed by atoms with E-state index in [1.165, 1.54) is 12.3 Å². The first-order valence-corrected chi connectivity index (χ1v) is 2.13. The standard InChI is InChI=1S/C5H5NO2/c1-2-4-3-8-6-5(4)7/h2-3H,1H2,(H,6,7). The predicted octanol–water partition coefficient (Wildman–Crippen LogP) is 0.611. The van der Waals surface area contributed by atoms with E-state index in [1.54, 1.807) is 0 Å². The maximum absolute atomic E-state index is 10.4. The minimum Gasteiger partial charge on any atom is -0.386 e. The van der Waals surface area contributed by atoms with Gasteiger partial charge in [0.25, 0.3) is 5.56 Å². The Morgan fingerprint density at radius 2 is 2.62 bits per heavy atom. The number of hydrogen-bond acceptors (Lipinski definition) is 2. The van der Waals surface area contributed by atoms with Crippen LogP contribution in [0, 0.1) is 0 Å². The zero-order chi connectivity index (χ0) is 5.98. The molecule has 3 nitrogen and oxygen atoms in total. The lowest BCUT2D eigenvalue weighted by molar-refractivity contribution is 0.413. The van der Waals surface area contributed by atoms with Crippen LogP contribution in [0.3, 0.4) is 0 Å². The van der Waals surface area contributed by atoms with Crippen LogP contribution >= 0.6 is 0 Å². The van der Waals surface area contributed by atoms with Crippen LogP contribution in [0.5, 0.6) is 0 Å². The van der Waals surface area contributed by atoms with Gasteiger partial charge in [-0.05, 0) is 0 Å². The highest BCUT2D eigenvalue weighted by Crippen LogP contribution is 1.87. The summed E-state index contributed by atoms with van der Waals surface area (Å²) in [4.78, 5) is 10.4. The van der Waals surface area contributed by atoms with Crippen molar-refractivity contribution in [1.29, 1.82) is 0 Å². The van der Waals surface area contributed by atoms with E-state index in [1.807, 2.05) is 0 Å². The highest BCUT2D eigenvalue weighted by Gasteiger charge is 1.91. The SMILES string of the molecule is C=Cc1co[nH]c1=O. The van der Waals surface area contributed by atoms with Crippen LogP contribution in [-0.4, -0.2) is 5.16 Å². The van der Waals surface area contributed by atoms with Gasteiger partial charge in [0.2, 0.25) is 0 Å². The Balaban J connectivity index is 3.30. The van der Waals surface area contributed by atoms with E-state index in [0.29, 0.717) is 5.56 Å². The van der Waals surface area contributed by atoms with Gasteiger partial charge in [0.15, 0.2) is 0 Å². The molecule has 0 saturated carbocycles. The summed E-state index contributed by atoms with van der Waals surface area (Å²) in [6, 6.07) is 0. The first-order valence-electron chi connectivity index (χ1n) is 2.13. The van der Waals surface area contributed by atoms with Crippen LogP contribution in [0.15, 0.2) is 22.2 Å². The average molecular weight is 111 g/mol. The molecular weight excluding hydrogens is 106 g/mol. The van der Waals surface area contributed by atoms with Crippen LogP contribution < -0.4 is 5.56 Å². The maximum Gasteiger partial charge on any atom is 0.287 e. The summed E-state index contributed by atoms with van der Waals surface area (Å²) in [6.45, 7) is 3.38. The molecule has 1 aromatic heterocycles. The van der Waals surface area contributed by atoms with Gasteiger partial charge in [0.1, 0.15) is 6.26 Å². The van der Waals surface area contributed by atoms with Crippen LogP contribution in [0.2, 0.25) is 0 Å². The molecule has 0 saturated heterocycles. The zero-order valence-electron chi connectivity index (χ0n) is 4.18. The number of nitrogens with one attached hydrogen (secondary N) is 1. The lowest BCUT2D eigenvalue weighted by Crippen LogP contribution is -1.99. The Bertz CT molecular complexity index is 233. The largest absolute Gasteiger partial charge is 0.386 e. The molecule has 0 radical (unpaired) electrons. The molecule has 1 heterocycles. The zero-order valence-corrected chi connectivity index (χ0v) is 4.18. The Morgan fingerprint density at radius 3 is 2.88 bits per heavy atom. The van der Waals surface area contributed by atoms with E-state index < -0.39 is 0 Å². The molecule has 1 N–H and O–H groups in total. The Morgan fingerprint density at radius 1 is 1.88 bits per heavy atom. The van der Waals surface area contributed by atoms with Crippen molar-refractivity contribution in [3.8, 4) is 0 Å². The van der Waals surface area contributed by atoms with Crippen LogP contribution in [0.4, 0.5) is 0 Å². The van der Waals surface area contributed by atoms with Crippen LogP contribution in [0.1, 0.15) is 5.56 Å². The number of H-pyrrole nitrogens is 1. The van der Waals surface area contributed by atoms with Crippen molar-refractivity contribution >= 4 is 6.08 Å². The van der Waals surface area contributed by atoms with Crippen LogP contribution in [-0.2, 0) is 0 Å². The van der Waals surface area contributed by atoms with E-state index in [-0.39, 0.29) is 5.56 Å². The summed E-state index contributed by atoms with van der Waals surface area (Å²) in [5, 5.41) is 2.12. The molecule has 0 aliphatic rings. The molecule has 0 aromatic carbocycles. The molecule has 0 aliphatic carbocycles. The summed E-state index contributed by atoms with van der Waals surface area (Å²) in [5.41, 5.74) is 0.227. The second kappa shape index (κ2) is 1.69. The third-order valence-electron chi connectivity index (χ3n) is 0.820. The highest BCUT2D eigenvalue weighted by atomic mass is 16.5. The van der Waals surface area contributed by atoms with E-state index >= 15 is 0 Å². The molecule has 3 heteroatoms. The summed E-state index contributed by atoms with van der Waals surface area (Å²) in [7, 11) is 0. The van der Waals surface area contributed by atoms with Crippen molar-refractivity contribution in [2.45, 2.75) is 0 Å². The van der Waals surface area contributed by atoms with Gasteiger partial charge in [-0.25, -0.2) is 0 Å². The molecule has 0 bridgehead atoms. The topological polar surface area (TPSA) is 46.0 Å². The fourth-order valence-corrected chi connectivity index (χ4v) is 0.400. The highest BCUT2D eigenvalue weighted by molar-refractivity contribution is 5.42. The fourth-order valence-electron chi connectivity index (χ4n) is 0.400. The van der Waals surface area contributed by atoms with Crippen molar-refractivity contribution in [2.24, 2.45) is 0 Å². The smallest absolute Gasteiger partial charge is 0.287 e. The summed E-state index contributed by atoms with van der Waals surface area (Å²) < 4.78 is 4.43. The fraction of sp³-hybridized carbons (Fsp3) is 0. The van der Waals surface area contributed by atoms with Gasteiger partial charge in [0, 0.05) is 0 Å². The second-order valence-electron chi connectivity index (χ2n) is 1.33. The molecule has 0 fully saturated rings. The Labute approximate surface area is 45.6 Å². The number of rotatable bonds is 1. The van der Waals surface area contributed by atoms with Crippen LogP contribution in [0.25, 0.3) is 6.08 Å². The molecule has 8 heavy (non-hydrogen) atoms. The van der Waals surface area contributed by atoms with Gasteiger partial charge < -0.3 is 4.52 Å². The third-order valence-corrected chi connectivity index (χ3v) is 0.820. The number of aromatic nitrogens is 1. The van der Waals surface area contributed by atoms with Crippen molar-refractivity contribution in [3.05, 3.63) is 28.8 Å². The van der Waals surface area contributed by atoms with Gasteiger partial charge in [-0.3, -0.25) is 4.79 Å². The molecule has 0 unspecified atom stereocenters. The Kier molecular flexibility index (Phi) is 1.04. The average Bonchev–Trinajstić information content (AvgIpc) is 2.14. The van der Waals surface area contributed by atoms with Crippen molar-refractivity contribution in [1.82, 2.24) is 5.16 Å². The normalized spacial score (nSPS) is 9.00. The van der Waals surface area contributed by atoms with Gasteiger partial charge in [-0.1, -0.05) is 12.7 Å². The Hall–Kier alpha value is -1.25. The van der Waals surface area contributed by atoms with E-state index in [4.69, 9.17) is 0 Å². The molecular formula is C5H5NO2. The molecule has 42 valence electrons. The summed E-state index contributed by atoms with van der Waals surface area (Å²) in [6.07, 6.45) is 2.75. The van der Waals surface area contributed by atoms with Gasteiger partial charge in [-0.2, -0.15) is 5.16 Å². The predicted molar refractivity (Wildman–Crippen MR) is 29.4 cm³/mol. The summed E-state index contributed by atoms with van der Waals surface area (Å²) in [5.74, 6) is 0. The molecule has 1 rings (SSSR count). The van der Waals surface area contributed by atoms with E-state index in [2.05, 4.69) is 16.3 Å². The maximum atomic E-state index is 10.4. The summed E-state index contributed by atoms with van der Waals surface area (Å²) >= 11 is 0. The molecule has 0 spiro atoms. The van der Waals surface area contributed by atoms with Gasteiger partial charge in [-0.15, -0.1) is 0 Å². The minimum absolute atomic E-state index is 0.236. The van der Waals surface area contributed by atoms with Crippen molar-refractivity contribution in [3.63, 3.8) is 0 Å². The van der Waals surface area contributed by atoms with Crippen molar-refractivity contribution < 1.29 is 4.52 Å². The van der Waals surface area contributed by atoms with E-state index in [0.717, 1.165) is 0 Å². The first-order chi connectivity index (χ1) is 3.84. The lowest BCUT2D eigenvalue weighted by atomic mass is 10.4. The van der Waals surface area contributed by atoms with E-state index in [9.17, 15) is 4.79 Å². The minimum atomic E-state index is -0.236. The second-order valence-corrected chi connectivity index (χ2v) is 1.33. The monoisotopic (exact) mass is 111 g/mol. The lowest BCUT2D eigenvalue weighted by Gasteiger charge is -1.66. The molecule has 0 amide bonds.